The van der Waals surface area contributed by atoms with Gasteiger partial charge in [0.1, 0.15) is 5.56 Å². The highest BCUT2D eigenvalue weighted by Crippen LogP contribution is 2.32. The number of hydrogen-bond acceptors (Lipinski definition) is 7. The Morgan fingerprint density at radius 1 is 1.42 bits per heavy atom. The summed E-state index contributed by atoms with van der Waals surface area (Å²) in [5, 5.41) is 24.1. The van der Waals surface area contributed by atoms with Gasteiger partial charge in [-0.1, -0.05) is 6.07 Å². The first-order valence-electron chi connectivity index (χ1n) is 7.14. The third kappa shape index (κ3) is 2.62. The van der Waals surface area contributed by atoms with Gasteiger partial charge in [0.25, 0.3) is 5.56 Å². The van der Waals surface area contributed by atoms with Gasteiger partial charge in [-0.15, -0.1) is 0 Å². The third-order valence-electron chi connectivity index (χ3n) is 3.94. The highest BCUT2D eigenvalue weighted by molar-refractivity contribution is 7.71. The molecule has 0 bridgehead atoms. The maximum atomic E-state index is 12.1. The number of nitrogens with zero attached hydrogens (tertiary/aromatic N) is 2. The molecule has 1 aliphatic rings. The van der Waals surface area contributed by atoms with Crippen LogP contribution in [0.2, 0.25) is 0 Å². The number of aromatic amines is 1. The number of phenolic OH excluding ortho intramolecular Hbond substituents is 1. The molecule has 0 saturated carbocycles. The molecule has 1 aliphatic heterocycles. The molecule has 4 N–H and O–H groups in total. The van der Waals surface area contributed by atoms with Crippen LogP contribution in [0.5, 0.6) is 17.4 Å². The Bertz CT molecular complexity index is 947. The van der Waals surface area contributed by atoms with E-state index in [2.05, 4.69) is 15.5 Å². The molecule has 1 aromatic heterocycles. The molecular formula is C15H16N4O4S. The highest BCUT2D eigenvalue weighted by Gasteiger charge is 2.26. The number of aromatic hydroxyl groups is 2. The van der Waals surface area contributed by atoms with Crippen LogP contribution < -0.4 is 15.7 Å². The van der Waals surface area contributed by atoms with Crippen LogP contribution in [-0.4, -0.2) is 32.6 Å². The second-order valence-electron chi connectivity index (χ2n) is 5.39. The summed E-state index contributed by atoms with van der Waals surface area (Å²) in [6.07, 6.45) is 0.390. The molecule has 0 fully saturated rings. The second kappa shape index (κ2) is 6.00. The van der Waals surface area contributed by atoms with Gasteiger partial charge in [-0.2, -0.15) is 5.10 Å². The summed E-state index contributed by atoms with van der Waals surface area (Å²) < 4.78 is 6.54. The van der Waals surface area contributed by atoms with Gasteiger partial charge >= 0.3 is 0 Å². The van der Waals surface area contributed by atoms with Crippen LogP contribution in [0, 0.1) is 4.77 Å². The molecule has 2 aromatic rings. The predicted octanol–water partition coefficient (Wildman–Crippen LogP) is 1.30. The molecule has 0 saturated heterocycles. The van der Waals surface area contributed by atoms with Crippen molar-refractivity contribution in [3.8, 4) is 17.4 Å². The van der Waals surface area contributed by atoms with Crippen molar-refractivity contribution in [2.24, 2.45) is 12.1 Å². The fraction of sp³-hybridized carbons (Fsp3) is 0.267. The van der Waals surface area contributed by atoms with E-state index in [0.717, 1.165) is 5.56 Å². The SMILES string of the molecule is COc1cc(C2CC(c3c(O)n(C)c(=S)[nH]c3=O)=NN2)ccc1O. The maximum Gasteiger partial charge on any atom is 0.264 e. The molecule has 0 amide bonds. The second-order valence-corrected chi connectivity index (χ2v) is 5.78. The number of benzene rings is 1. The van der Waals surface area contributed by atoms with E-state index in [9.17, 15) is 15.0 Å². The number of rotatable bonds is 3. The number of phenols is 1. The summed E-state index contributed by atoms with van der Waals surface area (Å²) in [7, 11) is 3.03. The Labute approximate surface area is 142 Å². The van der Waals surface area contributed by atoms with Crippen LogP contribution in [-0.2, 0) is 7.05 Å². The van der Waals surface area contributed by atoms with Gasteiger partial charge in [-0.05, 0) is 29.9 Å². The van der Waals surface area contributed by atoms with Crippen molar-refractivity contribution in [3.63, 3.8) is 0 Å². The third-order valence-corrected chi connectivity index (χ3v) is 4.32. The summed E-state index contributed by atoms with van der Waals surface area (Å²) in [6, 6.07) is 4.76. The molecule has 126 valence electrons. The summed E-state index contributed by atoms with van der Waals surface area (Å²) in [6.45, 7) is 0. The van der Waals surface area contributed by atoms with Crippen molar-refractivity contribution >= 4 is 17.9 Å². The molecule has 1 aromatic carbocycles. The summed E-state index contributed by atoms with van der Waals surface area (Å²) >= 11 is 4.96. The Morgan fingerprint density at radius 2 is 2.17 bits per heavy atom. The van der Waals surface area contributed by atoms with Gasteiger partial charge in [-0.3, -0.25) is 14.3 Å². The van der Waals surface area contributed by atoms with Gasteiger partial charge in [0, 0.05) is 13.5 Å². The number of hydrazone groups is 1. The zero-order chi connectivity index (χ0) is 17.4. The Balaban J connectivity index is 1.93. The van der Waals surface area contributed by atoms with E-state index in [-0.39, 0.29) is 28.0 Å². The molecule has 0 radical (unpaired) electrons. The van der Waals surface area contributed by atoms with Crippen molar-refractivity contribution in [3.05, 3.63) is 44.5 Å². The Hall–Kier alpha value is -2.81. The van der Waals surface area contributed by atoms with E-state index in [1.54, 1.807) is 19.2 Å². The van der Waals surface area contributed by atoms with Crippen LogP contribution in [0.4, 0.5) is 0 Å². The smallest absolute Gasteiger partial charge is 0.264 e. The van der Waals surface area contributed by atoms with E-state index >= 15 is 0 Å². The van der Waals surface area contributed by atoms with Gasteiger partial charge in [-0.25, -0.2) is 0 Å². The fourth-order valence-electron chi connectivity index (χ4n) is 2.57. The Kier molecular flexibility index (Phi) is 4.02. The number of ether oxygens (including phenoxy) is 1. The van der Waals surface area contributed by atoms with Crippen LogP contribution in [0.25, 0.3) is 0 Å². The lowest BCUT2D eigenvalue weighted by Gasteiger charge is -2.12. The van der Waals surface area contributed by atoms with E-state index < -0.39 is 5.56 Å². The summed E-state index contributed by atoms with van der Waals surface area (Å²) in [5.41, 5.74) is 3.80. The molecule has 1 unspecified atom stereocenters. The standard InChI is InChI=1S/C15H16N4O4S/c1-19-14(22)12(13(21)16-15(19)24)9-6-8(17-18-9)7-3-4-10(20)11(5-7)23-2/h3-5,8,17,20,22H,6H2,1-2H3,(H,16,21,24). The number of H-pyrrole nitrogens is 1. The number of aromatic nitrogens is 2. The average Bonchev–Trinajstić information content (AvgIpc) is 3.03. The van der Waals surface area contributed by atoms with Crippen molar-refractivity contribution in [1.82, 2.24) is 15.0 Å². The monoisotopic (exact) mass is 348 g/mol. The lowest BCUT2D eigenvalue weighted by atomic mass is 9.99. The molecule has 3 rings (SSSR count). The molecular weight excluding hydrogens is 332 g/mol. The first-order valence-corrected chi connectivity index (χ1v) is 7.54. The minimum atomic E-state index is -0.486. The molecule has 2 heterocycles. The topological polar surface area (TPSA) is 112 Å². The van der Waals surface area contributed by atoms with Gasteiger partial charge in [0.15, 0.2) is 16.3 Å². The minimum absolute atomic E-state index is 0.0440. The normalized spacial score (nSPS) is 16.6. The van der Waals surface area contributed by atoms with E-state index in [4.69, 9.17) is 17.0 Å². The van der Waals surface area contributed by atoms with Crippen LogP contribution >= 0.6 is 12.2 Å². The largest absolute Gasteiger partial charge is 0.504 e. The molecule has 0 spiro atoms. The Morgan fingerprint density at radius 3 is 2.88 bits per heavy atom. The highest BCUT2D eigenvalue weighted by atomic mass is 32.1. The van der Waals surface area contributed by atoms with Crippen molar-refractivity contribution in [1.29, 1.82) is 0 Å². The molecule has 0 aliphatic carbocycles. The number of hydrogen-bond donors (Lipinski definition) is 4. The van der Waals surface area contributed by atoms with E-state index in [1.165, 1.54) is 17.7 Å². The maximum absolute atomic E-state index is 12.1. The van der Waals surface area contributed by atoms with Crippen molar-refractivity contribution in [2.45, 2.75) is 12.5 Å². The first kappa shape index (κ1) is 16.1. The van der Waals surface area contributed by atoms with Gasteiger partial charge < -0.3 is 20.4 Å². The molecule has 24 heavy (non-hydrogen) atoms. The van der Waals surface area contributed by atoms with Crippen molar-refractivity contribution < 1.29 is 14.9 Å². The van der Waals surface area contributed by atoms with Crippen LogP contribution in [0.1, 0.15) is 23.6 Å². The van der Waals surface area contributed by atoms with Crippen LogP contribution in [0.3, 0.4) is 0 Å². The zero-order valence-corrected chi connectivity index (χ0v) is 13.8. The average molecular weight is 348 g/mol. The zero-order valence-electron chi connectivity index (χ0n) is 13.0. The predicted molar refractivity (Wildman–Crippen MR) is 90.2 cm³/mol. The van der Waals surface area contributed by atoms with Crippen molar-refractivity contribution in [2.75, 3.05) is 7.11 Å². The van der Waals surface area contributed by atoms with E-state index in [1.807, 2.05) is 0 Å². The number of nitrogens with one attached hydrogen (secondary N) is 2. The first-order chi connectivity index (χ1) is 11.4. The number of methoxy groups -OCH3 is 1. The van der Waals surface area contributed by atoms with Gasteiger partial charge in [0.2, 0.25) is 5.88 Å². The fourth-order valence-corrected chi connectivity index (χ4v) is 2.75. The summed E-state index contributed by atoms with van der Waals surface area (Å²) in [5.74, 6) is 0.168. The molecule has 9 heteroatoms. The van der Waals surface area contributed by atoms with E-state index in [0.29, 0.717) is 17.9 Å². The molecule has 1 atom stereocenters. The summed E-state index contributed by atoms with van der Waals surface area (Å²) in [4.78, 5) is 14.6. The lowest BCUT2D eigenvalue weighted by molar-refractivity contribution is 0.372. The molecule has 8 nitrogen and oxygen atoms in total. The lowest BCUT2D eigenvalue weighted by Crippen LogP contribution is -2.21. The van der Waals surface area contributed by atoms with Gasteiger partial charge in [0.05, 0.1) is 18.9 Å². The minimum Gasteiger partial charge on any atom is -0.504 e. The quantitative estimate of drug-likeness (QED) is 0.622. The van der Waals surface area contributed by atoms with Crippen LogP contribution in [0.15, 0.2) is 28.1 Å².